The largest absolute Gasteiger partial charge is 0.477 e. The van der Waals surface area contributed by atoms with Crippen LogP contribution >= 0.6 is 23.1 Å². The number of nitrogens with two attached hydrogens (primary N) is 1. The molecule has 12 nitrogen and oxygen atoms in total. The summed E-state index contributed by atoms with van der Waals surface area (Å²) in [6, 6.07) is -0.910. The molecule has 0 bridgehead atoms. The number of nitrogen functional groups attached to an aromatic ring is 1. The molecule has 0 aliphatic carbocycles. The number of β-lactam (4-membered cyclic amide) rings is 1. The number of hydrogen-bond donors (Lipinski definition) is 3. The fraction of sp³-hybridized carbons (Fsp3) is 0.421. The molecule has 1 aromatic heterocycles. The molecule has 4 rings (SSSR count). The number of amides is 2. The number of fused-ring (bicyclic) bond motifs is 1. The average molecular weight is 495 g/mol. The van der Waals surface area contributed by atoms with Crippen LogP contribution in [0.1, 0.15) is 12.1 Å². The van der Waals surface area contributed by atoms with Gasteiger partial charge in [0.1, 0.15) is 29.9 Å². The van der Waals surface area contributed by atoms with E-state index in [1.165, 1.54) is 23.8 Å². The molecule has 0 radical (unpaired) electrons. The predicted octanol–water partition coefficient (Wildman–Crippen LogP) is 0.00630. The van der Waals surface area contributed by atoms with Gasteiger partial charge in [-0.25, -0.2) is 9.78 Å². The number of carboxylic acids is 1. The lowest BCUT2D eigenvalue weighted by atomic mass is 10.0. The van der Waals surface area contributed by atoms with Gasteiger partial charge in [0.25, 0.3) is 11.8 Å². The van der Waals surface area contributed by atoms with Crippen molar-refractivity contribution in [1.29, 1.82) is 0 Å². The van der Waals surface area contributed by atoms with Crippen LogP contribution < -0.4 is 11.1 Å². The summed E-state index contributed by atoms with van der Waals surface area (Å²) >= 11 is 2.50. The third-order valence-corrected chi connectivity index (χ3v) is 7.18. The number of carboxylic acid groups (broad SMARTS) is 1. The Morgan fingerprint density at radius 2 is 2.27 bits per heavy atom. The van der Waals surface area contributed by atoms with Crippen LogP contribution in [0.25, 0.3) is 0 Å². The fourth-order valence-electron chi connectivity index (χ4n) is 3.67. The molecule has 1 aromatic rings. The van der Waals surface area contributed by atoms with E-state index in [0.717, 1.165) is 24.3 Å². The number of nitrogens with one attached hydrogen (secondary N) is 1. The molecular formula is C19H22N6O6S2. The summed E-state index contributed by atoms with van der Waals surface area (Å²) in [6.07, 6.45) is 4.16. The SMILES string of the molecule is CO/N=C(\C(=O)N[C@@H]1C(=O)N2C(C(=O)O)=C(/C=C\C3CCN(C)O3)CS[C@H]12)c1csc(N)n1. The van der Waals surface area contributed by atoms with Crippen molar-refractivity contribution in [2.24, 2.45) is 5.16 Å². The van der Waals surface area contributed by atoms with Crippen molar-refractivity contribution in [2.75, 3.05) is 32.2 Å². The number of hydroxylamine groups is 2. The Hall–Kier alpha value is -2.94. The van der Waals surface area contributed by atoms with Gasteiger partial charge in [-0.3, -0.25) is 19.3 Å². The highest BCUT2D eigenvalue weighted by Crippen LogP contribution is 2.40. The van der Waals surface area contributed by atoms with Crippen molar-refractivity contribution in [3.05, 3.63) is 34.5 Å². The third kappa shape index (κ3) is 4.59. The van der Waals surface area contributed by atoms with E-state index in [1.54, 1.807) is 22.6 Å². The monoisotopic (exact) mass is 494 g/mol. The smallest absolute Gasteiger partial charge is 0.352 e. The Labute approximate surface area is 197 Å². The summed E-state index contributed by atoms with van der Waals surface area (Å²) < 4.78 is 0. The minimum absolute atomic E-state index is 0.0880. The van der Waals surface area contributed by atoms with Crippen molar-refractivity contribution in [3.8, 4) is 0 Å². The van der Waals surface area contributed by atoms with E-state index in [-0.39, 0.29) is 28.3 Å². The zero-order valence-electron chi connectivity index (χ0n) is 17.8. The zero-order chi connectivity index (χ0) is 23.7. The quantitative estimate of drug-likeness (QED) is 0.268. The second-order valence-corrected chi connectivity index (χ2v) is 9.37. The molecule has 1 unspecified atom stereocenters. The van der Waals surface area contributed by atoms with Gasteiger partial charge in [-0.1, -0.05) is 17.3 Å². The van der Waals surface area contributed by atoms with E-state index in [0.29, 0.717) is 11.3 Å². The van der Waals surface area contributed by atoms with Crippen LogP contribution in [0.3, 0.4) is 0 Å². The lowest BCUT2D eigenvalue weighted by molar-refractivity contribution is -0.150. The maximum atomic E-state index is 12.9. The van der Waals surface area contributed by atoms with Crippen LogP contribution in [0.15, 0.2) is 34.0 Å². The van der Waals surface area contributed by atoms with E-state index in [1.807, 2.05) is 7.05 Å². The standard InChI is InChI=1S/C19H22N6O6S2/c1-24-6-5-10(31-24)4-3-9-7-32-17-13(16(27)25(17)14(9)18(28)29)22-15(26)12(23-30-2)11-8-33-19(20)21-11/h3-4,8,10,13,17H,5-7H2,1-2H3,(H2,20,21)(H,22,26)(H,28,29)/b4-3-,23-12-/t10?,13-,17-/m1/s1. The number of carbonyl (C=O) groups is 3. The Bertz CT molecular complexity index is 1070. The van der Waals surface area contributed by atoms with Crippen LogP contribution in [0.4, 0.5) is 5.13 Å². The third-order valence-electron chi connectivity index (χ3n) is 5.21. The van der Waals surface area contributed by atoms with Gasteiger partial charge in [-0.05, 0) is 12.0 Å². The van der Waals surface area contributed by atoms with E-state index >= 15 is 0 Å². The molecule has 2 fully saturated rings. The maximum absolute atomic E-state index is 12.9. The normalized spacial score (nSPS) is 25.9. The number of hydrogen-bond acceptors (Lipinski definition) is 11. The van der Waals surface area contributed by atoms with Crippen molar-refractivity contribution >= 4 is 51.7 Å². The molecule has 4 N–H and O–H groups in total. The first-order valence-electron chi connectivity index (χ1n) is 9.90. The van der Waals surface area contributed by atoms with Gasteiger partial charge in [0.05, 0.1) is 6.10 Å². The van der Waals surface area contributed by atoms with Gasteiger partial charge in [-0.2, -0.15) is 5.06 Å². The molecule has 176 valence electrons. The molecule has 2 amide bonds. The molecule has 4 heterocycles. The van der Waals surface area contributed by atoms with Crippen LogP contribution in [0.5, 0.6) is 0 Å². The van der Waals surface area contributed by atoms with Crippen LogP contribution in [0, 0.1) is 0 Å². The molecule has 3 aliphatic heterocycles. The van der Waals surface area contributed by atoms with Crippen LogP contribution in [-0.4, -0.2) is 87.5 Å². The van der Waals surface area contributed by atoms with E-state index in [4.69, 9.17) is 15.4 Å². The first-order chi connectivity index (χ1) is 15.8. The lowest BCUT2D eigenvalue weighted by Crippen LogP contribution is -2.71. The Kier molecular flexibility index (Phi) is 6.69. The highest BCUT2D eigenvalue weighted by molar-refractivity contribution is 8.00. The summed E-state index contributed by atoms with van der Waals surface area (Å²) in [6.45, 7) is 0.782. The molecule has 0 spiro atoms. The van der Waals surface area contributed by atoms with E-state index < -0.39 is 29.2 Å². The summed E-state index contributed by atoms with van der Waals surface area (Å²) in [4.78, 5) is 53.2. The van der Waals surface area contributed by atoms with Gasteiger partial charge in [0, 0.05) is 24.7 Å². The number of rotatable bonds is 7. The molecule has 0 aromatic carbocycles. The number of thiazole rings is 1. The van der Waals surface area contributed by atoms with Crippen molar-refractivity contribution in [3.63, 3.8) is 0 Å². The van der Waals surface area contributed by atoms with Gasteiger partial charge >= 0.3 is 5.97 Å². The Balaban J connectivity index is 1.50. The molecular weight excluding hydrogens is 472 g/mol. The summed E-state index contributed by atoms with van der Waals surface area (Å²) in [5, 5.41) is 19.1. The number of anilines is 1. The lowest BCUT2D eigenvalue weighted by Gasteiger charge is -2.49. The molecule has 3 aliphatic rings. The molecule has 3 atom stereocenters. The molecule has 0 saturated carbocycles. The first kappa shape index (κ1) is 23.2. The van der Waals surface area contributed by atoms with Crippen LogP contribution in [0.2, 0.25) is 0 Å². The summed E-state index contributed by atoms with van der Waals surface area (Å²) in [7, 11) is 3.11. The number of aromatic nitrogens is 1. The summed E-state index contributed by atoms with van der Waals surface area (Å²) in [5.74, 6) is -2.03. The highest BCUT2D eigenvalue weighted by Gasteiger charge is 2.54. The minimum Gasteiger partial charge on any atom is -0.477 e. The fourth-order valence-corrected chi connectivity index (χ4v) is 5.54. The van der Waals surface area contributed by atoms with Gasteiger partial charge in [0.15, 0.2) is 10.8 Å². The van der Waals surface area contributed by atoms with E-state index in [9.17, 15) is 19.5 Å². The Morgan fingerprint density at radius 3 is 2.88 bits per heavy atom. The van der Waals surface area contributed by atoms with Crippen LogP contribution in [-0.2, 0) is 24.1 Å². The number of thioether (sulfide) groups is 1. The second-order valence-electron chi connectivity index (χ2n) is 7.38. The zero-order valence-corrected chi connectivity index (χ0v) is 19.4. The Morgan fingerprint density at radius 1 is 1.48 bits per heavy atom. The number of allylic oxidation sites excluding steroid dienone is 1. The topological polar surface area (TPSA) is 160 Å². The molecule has 14 heteroatoms. The van der Waals surface area contributed by atoms with Crippen molar-refractivity contribution < 1.29 is 29.2 Å². The van der Waals surface area contributed by atoms with E-state index in [2.05, 4.69) is 15.5 Å². The number of carbonyl (C=O) groups excluding carboxylic acids is 2. The number of oxime groups is 1. The molecule has 33 heavy (non-hydrogen) atoms. The minimum atomic E-state index is -1.21. The highest BCUT2D eigenvalue weighted by atomic mass is 32.2. The first-order valence-corrected chi connectivity index (χ1v) is 11.8. The van der Waals surface area contributed by atoms with Gasteiger partial charge in [0.2, 0.25) is 0 Å². The average Bonchev–Trinajstić information content (AvgIpc) is 3.40. The maximum Gasteiger partial charge on any atom is 0.352 e. The van der Waals surface area contributed by atoms with Crippen molar-refractivity contribution in [1.82, 2.24) is 20.3 Å². The van der Waals surface area contributed by atoms with Crippen molar-refractivity contribution in [2.45, 2.75) is 23.9 Å². The second kappa shape index (κ2) is 9.51. The number of nitrogens with zero attached hydrogens (tertiary/aromatic N) is 4. The molecule has 2 saturated heterocycles. The van der Waals surface area contributed by atoms with Gasteiger partial charge < -0.3 is 21.0 Å². The van der Waals surface area contributed by atoms with Gasteiger partial charge in [-0.15, -0.1) is 23.1 Å². The number of aliphatic carboxylic acids is 1. The summed E-state index contributed by atoms with van der Waals surface area (Å²) in [5.41, 5.74) is 6.14. The predicted molar refractivity (Wildman–Crippen MR) is 121 cm³/mol.